The lowest BCUT2D eigenvalue weighted by Crippen LogP contribution is -2.12. The van der Waals surface area contributed by atoms with Crippen molar-refractivity contribution in [3.63, 3.8) is 0 Å². The number of nitrogen functional groups attached to an aromatic ring is 2. The van der Waals surface area contributed by atoms with E-state index < -0.39 is 0 Å². The normalized spacial score (nSPS) is 10.0. The maximum Gasteiger partial charge on any atom is 0.255 e. The summed E-state index contributed by atoms with van der Waals surface area (Å²) in [6.07, 6.45) is 0. The summed E-state index contributed by atoms with van der Waals surface area (Å²) in [5.41, 5.74) is 13.5. The number of benzene rings is 2. The van der Waals surface area contributed by atoms with Crippen LogP contribution in [0.5, 0.6) is 11.5 Å². The fraction of sp³-hybridized carbons (Fsp3) is 0.133. The second kappa shape index (κ2) is 6.04. The zero-order valence-corrected chi connectivity index (χ0v) is 11.8. The predicted octanol–water partition coefficient (Wildman–Crippen LogP) is 2.12. The van der Waals surface area contributed by atoms with Crippen molar-refractivity contribution in [3.8, 4) is 11.5 Å². The van der Waals surface area contributed by atoms with E-state index in [4.69, 9.17) is 20.9 Å². The van der Waals surface area contributed by atoms with Crippen molar-refractivity contribution >= 4 is 23.0 Å². The average molecular weight is 287 g/mol. The van der Waals surface area contributed by atoms with Gasteiger partial charge in [0.15, 0.2) is 0 Å². The maximum absolute atomic E-state index is 12.2. The summed E-state index contributed by atoms with van der Waals surface area (Å²) in [7, 11) is 3.03. The molecule has 0 radical (unpaired) electrons. The molecule has 2 aromatic carbocycles. The second-order valence-electron chi connectivity index (χ2n) is 4.37. The molecule has 0 heterocycles. The van der Waals surface area contributed by atoms with Crippen molar-refractivity contribution in [2.45, 2.75) is 0 Å². The summed E-state index contributed by atoms with van der Waals surface area (Å²) >= 11 is 0. The van der Waals surface area contributed by atoms with E-state index in [2.05, 4.69) is 5.32 Å². The minimum Gasteiger partial charge on any atom is -0.495 e. The molecule has 0 saturated heterocycles. The minimum atomic E-state index is -0.280. The van der Waals surface area contributed by atoms with Crippen molar-refractivity contribution in [3.05, 3.63) is 42.0 Å². The predicted molar refractivity (Wildman–Crippen MR) is 82.8 cm³/mol. The lowest BCUT2D eigenvalue weighted by atomic mass is 10.1. The first-order valence-corrected chi connectivity index (χ1v) is 6.23. The van der Waals surface area contributed by atoms with Gasteiger partial charge in [-0.15, -0.1) is 0 Å². The molecule has 5 N–H and O–H groups in total. The first kappa shape index (κ1) is 14.5. The quantitative estimate of drug-likeness (QED) is 0.748. The first-order chi connectivity index (χ1) is 10.0. The van der Waals surface area contributed by atoms with Crippen LogP contribution in [0, 0.1) is 0 Å². The van der Waals surface area contributed by atoms with Crippen LogP contribution >= 0.6 is 0 Å². The molecule has 6 nitrogen and oxygen atoms in total. The highest BCUT2D eigenvalue weighted by atomic mass is 16.5. The van der Waals surface area contributed by atoms with E-state index in [-0.39, 0.29) is 5.91 Å². The molecule has 0 saturated carbocycles. The zero-order chi connectivity index (χ0) is 15.4. The van der Waals surface area contributed by atoms with Crippen molar-refractivity contribution in [1.29, 1.82) is 0 Å². The fourth-order valence-electron chi connectivity index (χ4n) is 1.87. The average Bonchev–Trinajstić information content (AvgIpc) is 2.48. The van der Waals surface area contributed by atoms with Crippen molar-refractivity contribution in [2.75, 3.05) is 31.0 Å². The van der Waals surface area contributed by atoms with E-state index in [1.165, 1.54) is 14.2 Å². The molecule has 6 heteroatoms. The molecule has 0 fully saturated rings. The van der Waals surface area contributed by atoms with Crippen molar-refractivity contribution in [2.24, 2.45) is 0 Å². The van der Waals surface area contributed by atoms with E-state index in [1.54, 1.807) is 36.4 Å². The summed E-state index contributed by atoms with van der Waals surface area (Å²) in [5.74, 6) is 0.733. The Morgan fingerprint density at radius 2 is 1.67 bits per heavy atom. The summed E-state index contributed by atoms with van der Waals surface area (Å²) in [5, 5.41) is 2.75. The van der Waals surface area contributed by atoms with Crippen LogP contribution < -0.4 is 26.3 Å². The number of methoxy groups -OCH3 is 2. The molecule has 0 unspecified atom stereocenters. The van der Waals surface area contributed by atoms with Gasteiger partial charge in [0.2, 0.25) is 0 Å². The third-order valence-corrected chi connectivity index (χ3v) is 2.98. The molecule has 2 aromatic rings. The number of carbonyl (C=O) groups is 1. The monoisotopic (exact) mass is 287 g/mol. The van der Waals surface area contributed by atoms with Crippen LogP contribution in [0.15, 0.2) is 36.4 Å². The molecule has 2 rings (SSSR count). The van der Waals surface area contributed by atoms with Gasteiger partial charge in [0.25, 0.3) is 5.91 Å². The standard InChI is InChI=1S/C15H17N3O3/c1-20-13-6-4-10(8-12(13)17)18-15(19)9-3-5-11(16)14(7-9)21-2/h3-8H,16-17H2,1-2H3,(H,18,19). The molecule has 0 aliphatic heterocycles. The van der Waals surface area contributed by atoms with E-state index in [0.717, 1.165) is 0 Å². The van der Waals surface area contributed by atoms with Crippen LogP contribution in [0.1, 0.15) is 10.4 Å². The first-order valence-electron chi connectivity index (χ1n) is 6.23. The van der Waals surface area contributed by atoms with Gasteiger partial charge in [-0.05, 0) is 36.4 Å². The Labute approximate surface area is 122 Å². The largest absolute Gasteiger partial charge is 0.495 e. The minimum absolute atomic E-state index is 0.280. The Morgan fingerprint density at radius 1 is 0.952 bits per heavy atom. The maximum atomic E-state index is 12.2. The van der Waals surface area contributed by atoms with Crippen LogP contribution in [0.2, 0.25) is 0 Å². The van der Waals surface area contributed by atoms with Crippen LogP contribution in [-0.2, 0) is 0 Å². The van der Waals surface area contributed by atoms with E-state index in [1.807, 2.05) is 0 Å². The Bertz CT molecular complexity index is 671. The van der Waals surface area contributed by atoms with Crippen molar-refractivity contribution < 1.29 is 14.3 Å². The molecular formula is C15H17N3O3. The third kappa shape index (κ3) is 3.17. The summed E-state index contributed by atoms with van der Waals surface area (Å²) in [4.78, 5) is 12.2. The number of hydrogen-bond donors (Lipinski definition) is 3. The smallest absolute Gasteiger partial charge is 0.255 e. The molecule has 0 aliphatic rings. The fourth-order valence-corrected chi connectivity index (χ4v) is 1.87. The van der Waals surface area contributed by atoms with Gasteiger partial charge in [0.1, 0.15) is 11.5 Å². The molecule has 110 valence electrons. The number of rotatable bonds is 4. The lowest BCUT2D eigenvalue weighted by Gasteiger charge is -2.10. The highest BCUT2D eigenvalue weighted by Gasteiger charge is 2.10. The van der Waals surface area contributed by atoms with Crippen LogP contribution in [0.25, 0.3) is 0 Å². The Hall–Kier alpha value is -2.89. The summed E-state index contributed by atoms with van der Waals surface area (Å²) in [6.45, 7) is 0. The van der Waals surface area contributed by atoms with Gasteiger partial charge in [0, 0.05) is 11.3 Å². The van der Waals surface area contributed by atoms with Gasteiger partial charge < -0.3 is 26.3 Å². The van der Waals surface area contributed by atoms with Gasteiger partial charge >= 0.3 is 0 Å². The number of hydrogen-bond acceptors (Lipinski definition) is 5. The molecule has 0 aliphatic carbocycles. The lowest BCUT2D eigenvalue weighted by molar-refractivity contribution is 0.102. The highest BCUT2D eigenvalue weighted by molar-refractivity contribution is 6.05. The topological polar surface area (TPSA) is 99.6 Å². The number of nitrogens with two attached hydrogens (primary N) is 2. The van der Waals surface area contributed by atoms with E-state index in [9.17, 15) is 4.79 Å². The third-order valence-electron chi connectivity index (χ3n) is 2.98. The number of carbonyl (C=O) groups excluding carboxylic acids is 1. The number of amides is 1. The molecule has 21 heavy (non-hydrogen) atoms. The Balaban J connectivity index is 2.19. The SMILES string of the molecule is COc1ccc(NC(=O)c2ccc(N)c(OC)c2)cc1N. The summed E-state index contributed by atoms with van der Waals surface area (Å²) in [6, 6.07) is 9.86. The number of nitrogens with one attached hydrogen (secondary N) is 1. The second-order valence-corrected chi connectivity index (χ2v) is 4.37. The van der Waals surface area contributed by atoms with Gasteiger partial charge in [-0.25, -0.2) is 0 Å². The molecule has 0 spiro atoms. The van der Waals surface area contributed by atoms with Gasteiger partial charge in [0.05, 0.1) is 25.6 Å². The molecule has 0 atom stereocenters. The summed E-state index contributed by atoms with van der Waals surface area (Å²) < 4.78 is 10.2. The highest BCUT2D eigenvalue weighted by Crippen LogP contribution is 2.26. The van der Waals surface area contributed by atoms with Gasteiger partial charge in [-0.2, -0.15) is 0 Å². The van der Waals surface area contributed by atoms with E-state index in [0.29, 0.717) is 34.1 Å². The zero-order valence-electron chi connectivity index (χ0n) is 11.8. The van der Waals surface area contributed by atoms with Gasteiger partial charge in [-0.1, -0.05) is 0 Å². The molecular weight excluding hydrogens is 270 g/mol. The number of ether oxygens (including phenoxy) is 2. The Morgan fingerprint density at radius 3 is 2.29 bits per heavy atom. The van der Waals surface area contributed by atoms with Crippen LogP contribution in [0.4, 0.5) is 17.1 Å². The Kier molecular flexibility index (Phi) is 4.18. The van der Waals surface area contributed by atoms with Crippen LogP contribution in [0.3, 0.4) is 0 Å². The molecule has 1 amide bonds. The van der Waals surface area contributed by atoms with E-state index >= 15 is 0 Å². The number of anilines is 3. The molecule has 0 bridgehead atoms. The van der Waals surface area contributed by atoms with Gasteiger partial charge in [-0.3, -0.25) is 4.79 Å². The van der Waals surface area contributed by atoms with Crippen molar-refractivity contribution in [1.82, 2.24) is 0 Å². The molecule has 0 aromatic heterocycles. The van der Waals surface area contributed by atoms with Crippen LogP contribution in [-0.4, -0.2) is 20.1 Å².